The van der Waals surface area contributed by atoms with Gasteiger partial charge in [0.1, 0.15) is 5.75 Å². The molecule has 0 bridgehead atoms. The number of hydrogen-bond acceptors (Lipinski definition) is 3. The van der Waals surface area contributed by atoms with Crippen LogP contribution in [0, 0.1) is 6.92 Å². The summed E-state index contributed by atoms with van der Waals surface area (Å²) >= 11 is 0. The molecule has 1 aromatic heterocycles. The van der Waals surface area contributed by atoms with Crippen molar-refractivity contribution in [3.05, 3.63) is 47.3 Å². The van der Waals surface area contributed by atoms with Gasteiger partial charge in [-0.1, -0.05) is 12.1 Å². The summed E-state index contributed by atoms with van der Waals surface area (Å²) in [4.78, 5) is 0. The van der Waals surface area contributed by atoms with Crippen molar-refractivity contribution in [3.8, 4) is 5.75 Å². The average molecular weight is 273 g/mol. The van der Waals surface area contributed by atoms with E-state index in [0.29, 0.717) is 6.61 Å². The lowest BCUT2D eigenvalue weighted by Gasteiger charge is -2.13. The van der Waals surface area contributed by atoms with Gasteiger partial charge in [0, 0.05) is 31.4 Å². The molecule has 0 radical (unpaired) electrons. The molecule has 0 saturated carbocycles. The van der Waals surface area contributed by atoms with E-state index < -0.39 is 0 Å². The minimum Gasteiger partial charge on any atom is -0.494 e. The Kier molecular flexibility index (Phi) is 4.79. The highest BCUT2D eigenvalue weighted by atomic mass is 16.5. The molecule has 108 valence electrons. The lowest BCUT2D eigenvalue weighted by molar-refractivity contribution is 0.339. The van der Waals surface area contributed by atoms with Crippen LogP contribution in [0.25, 0.3) is 0 Å². The highest BCUT2D eigenvalue weighted by Crippen LogP contribution is 2.17. The van der Waals surface area contributed by atoms with E-state index in [1.54, 1.807) is 0 Å². The predicted molar refractivity (Wildman–Crippen MR) is 80.8 cm³/mol. The van der Waals surface area contributed by atoms with E-state index >= 15 is 0 Å². The average Bonchev–Trinajstić information content (AvgIpc) is 2.76. The summed E-state index contributed by atoms with van der Waals surface area (Å²) in [5, 5.41) is 7.91. The molecule has 1 unspecified atom stereocenters. The van der Waals surface area contributed by atoms with Crippen molar-refractivity contribution >= 4 is 0 Å². The molecule has 1 aromatic carbocycles. The Hall–Kier alpha value is -1.81. The second-order valence-electron chi connectivity index (χ2n) is 5.03. The molecule has 20 heavy (non-hydrogen) atoms. The minimum absolute atomic E-state index is 0.277. The molecule has 1 atom stereocenters. The molecule has 0 amide bonds. The SMILES string of the molecule is CCOc1cccc(CNC(C)c2cn(C)nc2C)c1. The molecule has 0 fully saturated rings. The van der Waals surface area contributed by atoms with E-state index in [1.807, 2.05) is 37.7 Å². The van der Waals surface area contributed by atoms with E-state index in [9.17, 15) is 0 Å². The van der Waals surface area contributed by atoms with Crippen LogP contribution in [0.2, 0.25) is 0 Å². The van der Waals surface area contributed by atoms with Crippen molar-refractivity contribution in [2.75, 3.05) is 6.61 Å². The topological polar surface area (TPSA) is 39.1 Å². The Morgan fingerprint density at radius 1 is 1.40 bits per heavy atom. The summed E-state index contributed by atoms with van der Waals surface area (Å²) in [5.74, 6) is 0.928. The first-order chi connectivity index (χ1) is 9.60. The zero-order chi connectivity index (χ0) is 14.5. The number of nitrogens with one attached hydrogen (secondary N) is 1. The fourth-order valence-corrected chi connectivity index (χ4v) is 2.34. The molecule has 0 saturated heterocycles. The summed E-state index contributed by atoms with van der Waals surface area (Å²) in [6.45, 7) is 7.72. The first-order valence-corrected chi connectivity index (χ1v) is 7.05. The fourth-order valence-electron chi connectivity index (χ4n) is 2.34. The van der Waals surface area contributed by atoms with Gasteiger partial charge in [0.05, 0.1) is 12.3 Å². The maximum Gasteiger partial charge on any atom is 0.119 e. The van der Waals surface area contributed by atoms with Crippen LogP contribution in [-0.2, 0) is 13.6 Å². The van der Waals surface area contributed by atoms with Crippen LogP contribution in [0.4, 0.5) is 0 Å². The Labute approximate surface area is 120 Å². The third-order valence-corrected chi connectivity index (χ3v) is 3.34. The van der Waals surface area contributed by atoms with Gasteiger partial charge in [0.15, 0.2) is 0 Å². The predicted octanol–water partition coefficient (Wildman–Crippen LogP) is 2.98. The van der Waals surface area contributed by atoms with Gasteiger partial charge in [-0.3, -0.25) is 4.68 Å². The van der Waals surface area contributed by atoms with E-state index in [2.05, 4.69) is 35.7 Å². The van der Waals surface area contributed by atoms with Crippen molar-refractivity contribution in [3.63, 3.8) is 0 Å². The first kappa shape index (κ1) is 14.6. The molecule has 0 spiro atoms. The molecule has 0 aliphatic heterocycles. The molecule has 2 aromatic rings. The van der Waals surface area contributed by atoms with Crippen LogP contribution >= 0.6 is 0 Å². The van der Waals surface area contributed by atoms with Crippen molar-refractivity contribution in [1.29, 1.82) is 0 Å². The molecule has 1 heterocycles. The quantitative estimate of drug-likeness (QED) is 0.879. The van der Waals surface area contributed by atoms with Gasteiger partial charge in [-0.25, -0.2) is 0 Å². The maximum atomic E-state index is 5.52. The van der Waals surface area contributed by atoms with Crippen LogP contribution in [0.1, 0.15) is 36.7 Å². The maximum absolute atomic E-state index is 5.52. The van der Waals surface area contributed by atoms with Gasteiger partial charge in [-0.05, 0) is 38.5 Å². The monoisotopic (exact) mass is 273 g/mol. The number of hydrogen-bond donors (Lipinski definition) is 1. The second kappa shape index (κ2) is 6.57. The molecule has 2 rings (SSSR count). The van der Waals surface area contributed by atoms with Crippen molar-refractivity contribution in [2.45, 2.75) is 33.4 Å². The Bertz CT molecular complexity index is 563. The Morgan fingerprint density at radius 2 is 2.20 bits per heavy atom. The Balaban J connectivity index is 1.98. The molecule has 4 heteroatoms. The number of ether oxygens (including phenoxy) is 1. The summed E-state index contributed by atoms with van der Waals surface area (Å²) in [7, 11) is 1.95. The van der Waals surface area contributed by atoms with E-state index in [-0.39, 0.29) is 6.04 Å². The highest BCUT2D eigenvalue weighted by Gasteiger charge is 2.11. The van der Waals surface area contributed by atoms with Gasteiger partial charge in [0.25, 0.3) is 0 Å². The number of rotatable bonds is 6. The summed E-state index contributed by atoms with van der Waals surface area (Å²) in [6, 6.07) is 8.49. The van der Waals surface area contributed by atoms with Gasteiger partial charge in [0.2, 0.25) is 0 Å². The fraction of sp³-hybridized carbons (Fsp3) is 0.438. The molecular formula is C16H23N3O. The van der Waals surface area contributed by atoms with Crippen LogP contribution in [0.5, 0.6) is 5.75 Å². The summed E-state index contributed by atoms with van der Waals surface area (Å²) < 4.78 is 7.38. The molecule has 0 aliphatic rings. The zero-order valence-corrected chi connectivity index (χ0v) is 12.7. The zero-order valence-electron chi connectivity index (χ0n) is 12.7. The van der Waals surface area contributed by atoms with Crippen molar-refractivity contribution in [2.24, 2.45) is 7.05 Å². The van der Waals surface area contributed by atoms with E-state index in [0.717, 1.165) is 18.0 Å². The first-order valence-electron chi connectivity index (χ1n) is 7.05. The van der Waals surface area contributed by atoms with Gasteiger partial charge in [-0.2, -0.15) is 5.10 Å². The highest BCUT2D eigenvalue weighted by molar-refractivity contribution is 5.28. The second-order valence-corrected chi connectivity index (χ2v) is 5.03. The van der Waals surface area contributed by atoms with Crippen LogP contribution < -0.4 is 10.1 Å². The molecule has 4 nitrogen and oxygen atoms in total. The molecular weight excluding hydrogens is 250 g/mol. The Morgan fingerprint density at radius 3 is 2.85 bits per heavy atom. The largest absolute Gasteiger partial charge is 0.494 e. The van der Waals surface area contributed by atoms with Crippen LogP contribution in [-0.4, -0.2) is 16.4 Å². The standard InChI is InChI=1S/C16H23N3O/c1-5-20-15-8-6-7-14(9-15)10-17-12(2)16-11-19(4)18-13(16)3/h6-9,11-12,17H,5,10H2,1-4H3. The van der Waals surface area contributed by atoms with Crippen LogP contribution in [0.15, 0.2) is 30.5 Å². The lowest BCUT2D eigenvalue weighted by atomic mass is 10.1. The number of aromatic nitrogens is 2. The molecule has 1 N–H and O–H groups in total. The third kappa shape index (κ3) is 3.61. The van der Waals surface area contributed by atoms with Gasteiger partial charge >= 0.3 is 0 Å². The van der Waals surface area contributed by atoms with Gasteiger partial charge in [-0.15, -0.1) is 0 Å². The summed E-state index contributed by atoms with van der Waals surface area (Å²) in [6.07, 6.45) is 2.07. The van der Waals surface area contributed by atoms with Crippen molar-refractivity contribution in [1.82, 2.24) is 15.1 Å². The number of aryl methyl sites for hydroxylation is 2. The summed E-state index contributed by atoms with van der Waals surface area (Å²) in [5.41, 5.74) is 3.55. The van der Waals surface area contributed by atoms with E-state index in [4.69, 9.17) is 4.74 Å². The third-order valence-electron chi connectivity index (χ3n) is 3.34. The van der Waals surface area contributed by atoms with Crippen molar-refractivity contribution < 1.29 is 4.74 Å². The normalized spacial score (nSPS) is 12.4. The van der Waals surface area contributed by atoms with Crippen LogP contribution in [0.3, 0.4) is 0 Å². The minimum atomic E-state index is 0.277. The number of benzene rings is 1. The number of nitrogens with zero attached hydrogens (tertiary/aromatic N) is 2. The van der Waals surface area contributed by atoms with E-state index in [1.165, 1.54) is 11.1 Å². The molecule has 0 aliphatic carbocycles. The van der Waals surface area contributed by atoms with Gasteiger partial charge < -0.3 is 10.1 Å². The lowest BCUT2D eigenvalue weighted by Crippen LogP contribution is -2.18. The smallest absolute Gasteiger partial charge is 0.119 e.